The highest BCUT2D eigenvalue weighted by molar-refractivity contribution is 5.78. The summed E-state index contributed by atoms with van der Waals surface area (Å²) >= 11 is 0. The lowest BCUT2D eigenvalue weighted by molar-refractivity contribution is -0.121. The molecule has 0 bridgehead atoms. The molecule has 5 rings (SSSR count). The molecule has 1 amide bonds. The molecule has 2 heterocycles. The molecule has 0 radical (unpaired) electrons. The molecule has 6 nitrogen and oxygen atoms in total. The molecule has 4 aromatic rings. The largest absolute Gasteiger partial charge is 0.343 e. The molecule has 6 heteroatoms. The van der Waals surface area contributed by atoms with Gasteiger partial charge in [0.15, 0.2) is 0 Å². The van der Waals surface area contributed by atoms with E-state index in [1.54, 1.807) is 0 Å². The molecule has 0 aliphatic carbocycles. The molecule has 1 aliphatic rings. The van der Waals surface area contributed by atoms with Crippen LogP contribution in [0.2, 0.25) is 0 Å². The van der Waals surface area contributed by atoms with Crippen molar-refractivity contribution in [3.05, 3.63) is 120 Å². The zero-order chi connectivity index (χ0) is 27.0. The van der Waals surface area contributed by atoms with E-state index in [0.717, 1.165) is 49.7 Å². The maximum atomic E-state index is 12.9. The molecule has 0 spiro atoms. The number of amides is 1. The van der Waals surface area contributed by atoms with E-state index < -0.39 is 0 Å². The van der Waals surface area contributed by atoms with E-state index in [9.17, 15) is 4.79 Å². The van der Waals surface area contributed by atoms with Crippen LogP contribution in [0.1, 0.15) is 42.4 Å². The van der Waals surface area contributed by atoms with Gasteiger partial charge in [-0.3, -0.25) is 14.6 Å². The first-order valence-corrected chi connectivity index (χ1v) is 14.0. The summed E-state index contributed by atoms with van der Waals surface area (Å²) in [5.74, 6) is 0.519. The number of carbonyl (C=O) groups is 1. The van der Waals surface area contributed by atoms with Crippen molar-refractivity contribution >= 4 is 5.91 Å². The SMILES string of the molecule is CC(C)Cc1cc(CC(=O)NCN2CCN(C(c3ccccc3)c3ccccc3)CC2)nn1-c1ccccc1. The van der Waals surface area contributed by atoms with Crippen molar-refractivity contribution in [3.8, 4) is 5.69 Å². The monoisotopic (exact) mass is 521 g/mol. The van der Waals surface area contributed by atoms with Crippen LogP contribution in [-0.2, 0) is 17.6 Å². The van der Waals surface area contributed by atoms with Crippen LogP contribution < -0.4 is 5.32 Å². The van der Waals surface area contributed by atoms with E-state index in [4.69, 9.17) is 5.10 Å². The minimum Gasteiger partial charge on any atom is -0.343 e. The van der Waals surface area contributed by atoms with Crippen LogP contribution in [0, 0.1) is 5.92 Å². The number of piperazine rings is 1. The fraction of sp³-hybridized carbons (Fsp3) is 0.333. The Bertz CT molecular complexity index is 1270. The Kier molecular flexibility index (Phi) is 8.86. The maximum Gasteiger partial charge on any atom is 0.227 e. The third kappa shape index (κ3) is 7.02. The summed E-state index contributed by atoms with van der Waals surface area (Å²) in [6.45, 7) is 8.70. The molecule has 1 fully saturated rings. The number of rotatable bonds is 10. The fourth-order valence-electron chi connectivity index (χ4n) is 5.41. The van der Waals surface area contributed by atoms with Crippen molar-refractivity contribution in [1.82, 2.24) is 24.9 Å². The third-order valence-electron chi connectivity index (χ3n) is 7.30. The van der Waals surface area contributed by atoms with Crippen molar-refractivity contribution in [2.45, 2.75) is 32.7 Å². The van der Waals surface area contributed by atoms with Crippen LogP contribution >= 0.6 is 0 Å². The van der Waals surface area contributed by atoms with Crippen molar-refractivity contribution in [2.24, 2.45) is 5.92 Å². The summed E-state index contributed by atoms with van der Waals surface area (Å²) in [7, 11) is 0. The minimum absolute atomic E-state index is 0.0117. The van der Waals surface area contributed by atoms with Crippen LogP contribution in [0.3, 0.4) is 0 Å². The van der Waals surface area contributed by atoms with Gasteiger partial charge in [0, 0.05) is 31.9 Å². The predicted molar refractivity (Wildman–Crippen MR) is 157 cm³/mol. The molecule has 0 unspecified atom stereocenters. The van der Waals surface area contributed by atoms with Crippen molar-refractivity contribution in [2.75, 3.05) is 32.8 Å². The highest BCUT2D eigenvalue weighted by Gasteiger charge is 2.26. The molecular weight excluding hydrogens is 482 g/mol. The zero-order valence-corrected chi connectivity index (χ0v) is 23.0. The van der Waals surface area contributed by atoms with Gasteiger partial charge in [-0.1, -0.05) is 92.7 Å². The highest BCUT2D eigenvalue weighted by atomic mass is 16.1. The van der Waals surface area contributed by atoms with Gasteiger partial charge in [0.2, 0.25) is 5.91 Å². The molecule has 0 atom stereocenters. The molecule has 1 aromatic heterocycles. The molecule has 1 aliphatic heterocycles. The first-order chi connectivity index (χ1) is 19.1. The van der Waals surface area contributed by atoms with Crippen molar-refractivity contribution in [1.29, 1.82) is 0 Å². The van der Waals surface area contributed by atoms with Gasteiger partial charge in [-0.2, -0.15) is 5.10 Å². The molecular formula is C33H39N5O. The number of nitrogens with zero attached hydrogens (tertiary/aromatic N) is 4. The van der Waals surface area contributed by atoms with Gasteiger partial charge < -0.3 is 5.32 Å². The second-order valence-electron chi connectivity index (χ2n) is 10.8. The minimum atomic E-state index is 0.0117. The summed E-state index contributed by atoms with van der Waals surface area (Å²) < 4.78 is 1.98. The highest BCUT2D eigenvalue weighted by Crippen LogP contribution is 2.29. The molecule has 0 saturated carbocycles. The molecule has 3 aromatic carbocycles. The Hall–Kier alpha value is -3.74. The third-order valence-corrected chi connectivity index (χ3v) is 7.30. The van der Waals surface area contributed by atoms with E-state index in [-0.39, 0.29) is 18.4 Å². The number of benzene rings is 3. The lowest BCUT2D eigenvalue weighted by Crippen LogP contribution is -2.51. The van der Waals surface area contributed by atoms with Crippen molar-refractivity contribution in [3.63, 3.8) is 0 Å². The summed E-state index contributed by atoms with van der Waals surface area (Å²) in [6.07, 6.45) is 1.20. The summed E-state index contributed by atoms with van der Waals surface area (Å²) in [5, 5.41) is 7.93. The zero-order valence-electron chi connectivity index (χ0n) is 23.0. The normalized spacial score (nSPS) is 14.7. The summed E-state index contributed by atoms with van der Waals surface area (Å²) in [4.78, 5) is 17.8. The van der Waals surface area contributed by atoms with E-state index in [0.29, 0.717) is 12.6 Å². The number of hydrogen-bond donors (Lipinski definition) is 1. The lowest BCUT2D eigenvalue weighted by Gasteiger charge is -2.39. The van der Waals surface area contributed by atoms with Gasteiger partial charge in [0.05, 0.1) is 30.5 Å². The van der Waals surface area contributed by atoms with Crippen molar-refractivity contribution < 1.29 is 4.79 Å². The number of para-hydroxylation sites is 1. The molecule has 39 heavy (non-hydrogen) atoms. The van der Waals surface area contributed by atoms with Crippen LogP contribution in [0.5, 0.6) is 0 Å². The molecule has 1 N–H and O–H groups in total. The van der Waals surface area contributed by atoms with Gasteiger partial charge in [-0.05, 0) is 41.7 Å². The number of nitrogens with one attached hydrogen (secondary N) is 1. The fourth-order valence-corrected chi connectivity index (χ4v) is 5.41. The smallest absolute Gasteiger partial charge is 0.227 e. The Morgan fingerprint density at radius 1 is 0.821 bits per heavy atom. The average molecular weight is 522 g/mol. The Balaban J connectivity index is 1.16. The number of aromatic nitrogens is 2. The second kappa shape index (κ2) is 12.9. The van der Waals surface area contributed by atoms with E-state index >= 15 is 0 Å². The first kappa shape index (κ1) is 26.9. The van der Waals surface area contributed by atoms with Crippen LogP contribution in [-0.4, -0.2) is 58.3 Å². The molecule has 202 valence electrons. The van der Waals surface area contributed by atoms with Crippen LogP contribution in [0.15, 0.2) is 97.1 Å². The maximum absolute atomic E-state index is 12.9. The quantitative estimate of drug-likeness (QED) is 0.316. The van der Waals surface area contributed by atoms with E-state index in [1.165, 1.54) is 11.1 Å². The van der Waals surface area contributed by atoms with E-state index in [1.807, 2.05) is 22.9 Å². The number of hydrogen-bond acceptors (Lipinski definition) is 4. The van der Waals surface area contributed by atoms with Gasteiger partial charge in [-0.15, -0.1) is 0 Å². The summed E-state index contributed by atoms with van der Waals surface area (Å²) in [6, 6.07) is 34.0. The lowest BCUT2D eigenvalue weighted by atomic mass is 9.96. The van der Waals surface area contributed by atoms with Crippen LogP contribution in [0.4, 0.5) is 0 Å². The predicted octanol–water partition coefficient (Wildman–Crippen LogP) is 5.09. The van der Waals surface area contributed by atoms with Gasteiger partial charge in [-0.25, -0.2) is 4.68 Å². The van der Waals surface area contributed by atoms with Gasteiger partial charge >= 0.3 is 0 Å². The topological polar surface area (TPSA) is 53.4 Å². The van der Waals surface area contributed by atoms with Gasteiger partial charge in [0.25, 0.3) is 0 Å². The second-order valence-corrected chi connectivity index (χ2v) is 10.8. The Morgan fingerprint density at radius 2 is 1.38 bits per heavy atom. The Morgan fingerprint density at radius 3 is 1.95 bits per heavy atom. The Labute approximate surface area is 232 Å². The summed E-state index contributed by atoms with van der Waals surface area (Å²) in [5.41, 5.74) is 5.61. The average Bonchev–Trinajstić information content (AvgIpc) is 3.35. The molecule has 1 saturated heterocycles. The first-order valence-electron chi connectivity index (χ1n) is 14.0. The van der Waals surface area contributed by atoms with Gasteiger partial charge in [0.1, 0.15) is 0 Å². The van der Waals surface area contributed by atoms with Crippen LogP contribution in [0.25, 0.3) is 5.69 Å². The number of carbonyl (C=O) groups excluding carboxylic acids is 1. The van der Waals surface area contributed by atoms with E-state index in [2.05, 4.69) is 108 Å². The standard InChI is InChI=1S/C33H39N5O/c1-26(2)22-31-23-29(35-38(31)30-16-10-5-11-17-30)24-32(39)34-25-36-18-20-37(21-19-36)33(27-12-6-3-7-13-27)28-14-8-4-9-15-28/h3-17,23,26,33H,18-22,24-25H2,1-2H3,(H,34,39).